The molecule has 1 heterocycles. The van der Waals surface area contributed by atoms with Crippen LogP contribution in [-0.2, 0) is 0 Å². The summed E-state index contributed by atoms with van der Waals surface area (Å²) in [6.45, 7) is 5.57. The second kappa shape index (κ2) is 5.66. The van der Waals surface area contributed by atoms with Crippen LogP contribution in [0.1, 0.15) is 38.4 Å². The van der Waals surface area contributed by atoms with Crippen molar-refractivity contribution in [1.82, 2.24) is 9.97 Å². The molecule has 0 N–H and O–H groups in total. The second-order valence-corrected chi connectivity index (χ2v) is 5.56. The molecule has 1 aliphatic rings. The lowest BCUT2D eigenvalue weighted by molar-refractivity contribution is 0.675. The number of nitriles is 1. The second-order valence-electron chi connectivity index (χ2n) is 4.75. The van der Waals surface area contributed by atoms with E-state index in [-0.39, 0.29) is 5.92 Å². The maximum atomic E-state index is 8.91. The molecule has 0 spiro atoms. The fourth-order valence-corrected chi connectivity index (χ4v) is 2.25. The third-order valence-electron chi connectivity index (χ3n) is 3.06. The smallest absolute Gasteiger partial charge is 0.135 e. The molecule has 2 rings (SSSR count). The fourth-order valence-electron chi connectivity index (χ4n) is 1.87. The normalized spacial score (nSPS) is 16.1. The first-order valence-electron chi connectivity index (χ1n) is 6.33. The predicted molar refractivity (Wildman–Crippen MR) is 74.4 cm³/mol. The zero-order valence-corrected chi connectivity index (χ0v) is 12.3. The lowest BCUT2D eigenvalue weighted by atomic mass is 10.2. The highest BCUT2D eigenvalue weighted by Crippen LogP contribution is 2.39. The third-order valence-corrected chi connectivity index (χ3v) is 3.47. The van der Waals surface area contributed by atoms with Gasteiger partial charge in [0.05, 0.1) is 12.0 Å². The van der Waals surface area contributed by atoms with Crippen LogP contribution in [0.4, 0.5) is 5.82 Å². The van der Waals surface area contributed by atoms with Crippen molar-refractivity contribution in [3.63, 3.8) is 0 Å². The van der Waals surface area contributed by atoms with Crippen LogP contribution in [0, 0.1) is 17.2 Å². The van der Waals surface area contributed by atoms with Gasteiger partial charge in [-0.15, -0.1) is 0 Å². The number of anilines is 1. The van der Waals surface area contributed by atoms with E-state index in [0.717, 1.165) is 22.8 Å². The Kier molecular flexibility index (Phi) is 4.18. The van der Waals surface area contributed by atoms with Gasteiger partial charge in [0, 0.05) is 25.1 Å². The minimum Gasteiger partial charge on any atom is -0.355 e. The van der Waals surface area contributed by atoms with Crippen LogP contribution >= 0.6 is 15.9 Å². The molecular weight excluding hydrogens is 292 g/mol. The average molecular weight is 309 g/mol. The largest absolute Gasteiger partial charge is 0.355 e. The van der Waals surface area contributed by atoms with Crippen LogP contribution in [0.5, 0.6) is 0 Å². The molecule has 1 atom stereocenters. The topological polar surface area (TPSA) is 52.8 Å². The van der Waals surface area contributed by atoms with Gasteiger partial charge in [-0.1, -0.05) is 0 Å². The highest BCUT2D eigenvalue weighted by atomic mass is 79.9. The number of hydrogen-bond donors (Lipinski definition) is 0. The van der Waals surface area contributed by atoms with Crippen LogP contribution < -0.4 is 4.90 Å². The van der Waals surface area contributed by atoms with E-state index in [1.54, 1.807) is 0 Å². The number of nitrogens with zero attached hydrogens (tertiary/aromatic N) is 4. The van der Waals surface area contributed by atoms with Gasteiger partial charge in [0.25, 0.3) is 0 Å². The molecule has 1 fully saturated rings. The SMILES string of the molecule is CCN(CC(C)C#N)c1cc(Br)nc(C2CC2)n1. The molecule has 0 radical (unpaired) electrons. The van der Waals surface area contributed by atoms with Crippen molar-refractivity contribution in [2.24, 2.45) is 5.92 Å². The van der Waals surface area contributed by atoms with Crippen molar-refractivity contribution in [1.29, 1.82) is 5.26 Å². The van der Waals surface area contributed by atoms with Crippen molar-refractivity contribution < 1.29 is 0 Å². The molecule has 0 aromatic carbocycles. The minimum atomic E-state index is 0.00284. The zero-order chi connectivity index (χ0) is 13.1. The molecule has 18 heavy (non-hydrogen) atoms. The van der Waals surface area contributed by atoms with Crippen molar-refractivity contribution >= 4 is 21.7 Å². The lowest BCUT2D eigenvalue weighted by Gasteiger charge is -2.23. The first-order valence-corrected chi connectivity index (χ1v) is 7.12. The van der Waals surface area contributed by atoms with Crippen LogP contribution in [0.3, 0.4) is 0 Å². The molecule has 1 saturated carbocycles. The highest BCUT2D eigenvalue weighted by Gasteiger charge is 2.27. The van der Waals surface area contributed by atoms with Gasteiger partial charge in [-0.05, 0) is 42.6 Å². The number of halogens is 1. The van der Waals surface area contributed by atoms with Gasteiger partial charge in [0.15, 0.2) is 0 Å². The molecule has 1 aliphatic carbocycles. The predicted octanol–water partition coefficient (Wildman–Crippen LogP) is 3.10. The van der Waals surface area contributed by atoms with Gasteiger partial charge in [-0.2, -0.15) is 5.26 Å². The standard InChI is InChI=1S/C13H17BrN4/c1-3-18(8-9(2)7-15)12-6-11(14)16-13(17-12)10-4-5-10/h6,9-10H,3-5,8H2,1-2H3. The summed E-state index contributed by atoms with van der Waals surface area (Å²) < 4.78 is 0.831. The first-order chi connectivity index (χ1) is 8.63. The Labute approximate surface area is 116 Å². The first kappa shape index (κ1) is 13.3. The summed E-state index contributed by atoms with van der Waals surface area (Å²) in [5, 5.41) is 8.91. The Hall–Kier alpha value is -1.15. The van der Waals surface area contributed by atoms with Gasteiger partial charge in [-0.25, -0.2) is 9.97 Å². The zero-order valence-electron chi connectivity index (χ0n) is 10.7. The van der Waals surface area contributed by atoms with E-state index in [2.05, 4.69) is 43.8 Å². The Morgan fingerprint density at radius 2 is 2.28 bits per heavy atom. The molecule has 1 aromatic heterocycles. The maximum absolute atomic E-state index is 8.91. The lowest BCUT2D eigenvalue weighted by Crippen LogP contribution is -2.29. The van der Waals surface area contributed by atoms with Crippen molar-refractivity contribution in [3.8, 4) is 6.07 Å². The number of hydrogen-bond acceptors (Lipinski definition) is 4. The highest BCUT2D eigenvalue weighted by molar-refractivity contribution is 9.10. The Morgan fingerprint density at radius 3 is 2.83 bits per heavy atom. The Morgan fingerprint density at radius 1 is 1.56 bits per heavy atom. The molecule has 1 unspecified atom stereocenters. The molecule has 96 valence electrons. The fraction of sp³-hybridized carbons (Fsp3) is 0.615. The van der Waals surface area contributed by atoms with Crippen LogP contribution in [0.2, 0.25) is 0 Å². The van der Waals surface area contributed by atoms with Gasteiger partial charge >= 0.3 is 0 Å². The van der Waals surface area contributed by atoms with Crippen LogP contribution in [0.15, 0.2) is 10.7 Å². The van der Waals surface area contributed by atoms with Gasteiger partial charge in [-0.3, -0.25) is 0 Å². The molecule has 1 aromatic rings. The summed E-state index contributed by atoms with van der Waals surface area (Å²) in [4.78, 5) is 11.2. The summed E-state index contributed by atoms with van der Waals surface area (Å²) >= 11 is 3.45. The third kappa shape index (κ3) is 3.20. The quantitative estimate of drug-likeness (QED) is 0.784. The summed E-state index contributed by atoms with van der Waals surface area (Å²) in [5.41, 5.74) is 0. The maximum Gasteiger partial charge on any atom is 0.135 e. The van der Waals surface area contributed by atoms with Gasteiger partial charge in [0.1, 0.15) is 16.2 Å². The molecule has 0 aliphatic heterocycles. The van der Waals surface area contributed by atoms with Crippen molar-refractivity contribution in [2.75, 3.05) is 18.0 Å². The van der Waals surface area contributed by atoms with E-state index >= 15 is 0 Å². The number of aromatic nitrogens is 2. The van der Waals surface area contributed by atoms with Gasteiger partial charge < -0.3 is 4.90 Å². The Balaban J connectivity index is 2.21. The minimum absolute atomic E-state index is 0.00284. The molecule has 0 bridgehead atoms. The molecule has 5 heteroatoms. The number of rotatable bonds is 5. The van der Waals surface area contributed by atoms with Crippen molar-refractivity contribution in [3.05, 3.63) is 16.5 Å². The summed E-state index contributed by atoms with van der Waals surface area (Å²) in [6.07, 6.45) is 2.38. The van der Waals surface area contributed by atoms with E-state index in [4.69, 9.17) is 5.26 Å². The average Bonchev–Trinajstić information content (AvgIpc) is 3.18. The molecule has 0 amide bonds. The molecule has 4 nitrogen and oxygen atoms in total. The van der Waals surface area contributed by atoms with Crippen LogP contribution in [0.25, 0.3) is 0 Å². The van der Waals surface area contributed by atoms with Crippen LogP contribution in [-0.4, -0.2) is 23.1 Å². The summed E-state index contributed by atoms with van der Waals surface area (Å²) in [6, 6.07) is 4.20. The van der Waals surface area contributed by atoms with Crippen molar-refractivity contribution in [2.45, 2.75) is 32.6 Å². The van der Waals surface area contributed by atoms with E-state index in [1.807, 2.05) is 13.0 Å². The van der Waals surface area contributed by atoms with E-state index in [1.165, 1.54) is 12.8 Å². The van der Waals surface area contributed by atoms with E-state index < -0.39 is 0 Å². The van der Waals surface area contributed by atoms with Gasteiger partial charge in [0.2, 0.25) is 0 Å². The Bertz CT molecular complexity index is 465. The van der Waals surface area contributed by atoms with E-state index in [0.29, 0.717) is 12.5 Å². The monoisotopic (exact) mass is 308 g/mol. The summed E-state index contributed by atoms with van der Waals surface area (Å²) in [7, 11) is 0. The van der Waals surface area contributed by atoms with E-state index in [9.17, 15) is 0 Å². The summed E-state index contributed by atoms with van der Waals surface area (Å²) in [5.74, 6) is 2.39. The molecular formula is C13H17BrN4. The molecule has 0 saturated heterocycles.